The van der Waals surface area contributed by atoms with Gasteiger partial charge in [-0.05, 0) is 62.0 Å². The van der Waals surface area contributed by atoms with Crippen molar-refractivity contribution in [1.82, 2.24) is 14.5 Å². The first-order chi connectivity index (χ1) is 12.4. The summed E-state index contributed by atoms with van der Waals surface area (Å²) >= 11 is 1.46. The van der Waals surface area contributed by atoms with Crippen LogP contribution in [0.5, 0.6) is 0 Å². The second-order valence-corrected chi connectivity index (χ2v) is 6.92. The lowest BCUT2D eigenvalue weighted by Gasteiger charge is -2.07. The van der Waals surface area contributed by atoms with Gasteiger partial charge in [-0.3, -0.25) is 9.59 Å². The van der Waals surface area contributed by atoms with Crippen molar-refractivity contribution in [1.29, 1.82) is 0 Å². The Hall–Kier alpha value is -2.93. The number of amides is 1. The highest BCUT2D eigenvalue weighted by Crippen LogP contribution is 2.26. The Morgan fingerprint density at radius 3 is 2.31 bits per heavy atom. The molecule has 0 aliphatic carbocycles. The SMILES string of the molecule is Cc1cc(C)nc(Sc2ccc(NC(=O)c3ccn(C)c(=O)c3)cc2)n1. The zero-order chi connectivity index (χ0) is 18.7. The molecule has 0 saturated carbocycles. The van der Waals surface area contributed by atoms with Crippen LogP contribution in [0.25, 0.3) is 0 Å². The molecular weight excluding hydrogens is 348 g/mol. The van der Waals surface area contributed by atoms with Crippen molar-refractivity contribution in [2.24, 2.45) is 7.05 Å². The predicted molar refractivity (Wildman–Crippen MR) is 102 cm³/mol. The Morgan fingerprint density at radius 1 is 1.04 bits per heavy atom. The fourth-order valence-corrected chi connectivity index (χ4v) is 3.21. The minimum absolute atomic E-state index is 0.224. The first-order valence-corrected chi connectivity index (χ1v) is 8.80. The van der Waals surface area contributed by atoms with Crippen molar-refractivity contribution in [3.63, 3.8) is 0 Å². The van der Waals surface area contributed by atoms with Gasteiger partial charge in [0.25, 0.3) is 11.5 Å². The Balaban J connectivity index is 1.70. The average Bonchev–Trinajstić information content (AvgIpc) is 2.58. The molecular formula is C19H18N4O2S. The summed E-state index contributed by atoms with van der Waals surface area (Å²) in [5.41, 5.74) is 2.62. The van der Waals surface area contributed by atoms with Crippen molar-refractivity contribution >= 4 is 23.4 Å². The molecule has 1 N–H and O–H groups in total. The van der Waals surface area contributed by atoms with Gasteiger partial charge < -0.3 is 9.88 Å². The normalized spacial score (nSPS) is 10.6. The number of benzene rings is 1. The molecule has 0 saturated heterocycles. The summed E-state index contributed by atoms with van der Waals surface area (Å²) < 4.78 is 1.41. The molecule has 0 atom stereocenters. The number of aromatic nitrogens is 3. The third kappa shape index (κ3) is 4.37. The van der Waals surface area contributed by atoms with E-state index in [1.807, 2.05) is 44.2 Å². The lowest BCUT2D eigenvalue weighted by Crippen LogP contribution is -2.19. The van der Waals surface area contributed by atoms with Crippen molar-refractivity contribution in [2.75, 3.05) is 5.32 Å². The summed E-state index contributed by atoms with van der Waals surface area (Å²) in [6, 6.07) is 12.3. The van der Waals surface area contributed by atoms with E-state index < -0.39 is 0 Å². The monoisotopic (exact) mass is 366 g/mol. The molecule has 0 fully saturated rings. The van der Waals surface area contributed by atoms with Crippen LogP contribution in [0.2, 0.25) is 0 Å². The maximum absolute atomic E-state index is 12.2. The van der Waals surface area contributed by atoms with E-state index in [4.69, 9.17) is 0 Å². The Labute approximate surface area is 155 Å². The second kappa shape index (κ2) is 7.53. The van der Waals surface area contributed by atoms with E-state index in [0.717, 1.165) is 16.3 Å². The van der Waals surface area contributed by atoms with Gasteiger partial charge in [-0.25, -0.2) is 9.97 Å². The molecule has 0 unspecified atom stereocenters. The van der Waals surface area contributed by atoms with E-state index in [-0.39, 0.29) is 11.5 Å². The number of carbonyl (C=O) groups excluding carboxylic acids is 1. The Morgan fingerprint density at radius 2 is 1.69 bits per heavy atom. The second-order valence-electron chi connectivity index (χ2n) is 5.88. The van der Waals surface area contributed by atoms with Crippen LogP contribution in [0.1, 0.15) is 21.7 Å². The van der Waals surface area contributed by atoms with Crippen LogP contribution in [0, 0.1) is 13.8 Å². The van der Waals surface area contributed by atoms with E-state index in [2.05, 4.69) is 15.3 Å². The Kier molecular flexibility index (Phi) is 5.18. The summed E-state index contributed by atoms with van der Waals surface area (Å²) in [6.07, 6.45) is 1.57. The molecule has 2 aromatic heterocycles. The summed E-state index contributed by atoms with van der Waals surface area (Å²) in [5.74, 6) is -0.319. The third-order valence-electron chi connectivity index (χ3n) is 3.65. The van der Waals surface area contributed by atoms with Gasteiger partial charge in [-0.15, -0.1) is 0 Å². The molecule has 0 spiro atoms. The minimum atomic E-state index is -0.319. The number of nitrogens with one attached hydrogen (secondary N) is 1. The quantitative estimate of drug-likeness (QED) is 0.718. The van der Waals surface area contributed by atoms with Crippen LogP contribution >= 0.6 is 11.8 Å². The molecule has 6 nitrogen and oxygen atoms in total. The molecule has 7 heteroatoms. The van der Waals surface area contributed by atoms with Crippen LogP contribution in [0.15, 0.2) is 63.5 Å². The van der Waals surface area contributed by atoms with E-state index in [1.165, 1.54) is 22.4 Å². The zero-order valence-electron chi connectivity index (χ0n) is 14.7. The number of anilines is 1. The van der Waals surface area contributed by atoms with E-state index in [0.29, 0.717) is 16.4 Å². The molecule has 132 valence electrons. The molecule has 1 aromatic carbocycles. The molecule has 1 amide bonds. The van der Waals surface area contributed by atoms with E-state index in [9.17, 15) is 9.59 Å². The van der Waals surface area contributed by atoms with Gasteiger partial charge >= 0.3 is 0 Å². The standard InChI is InChI=1S/C19H18N4O2S/c1-12-10-13(2)21-19(20-12)26-16-6-4-15(5-7-16)22-18(25)14-8-9-23(3)17(24)11-14/h4-11H,1-3H3,(H,22,25). The molecule has 0 aliphatic heterocycles. The summed E-state index contributed by atoms with van der Waals surface area (Å²) in [4.78, 5) is 33.7. The maximum atomic E-state index is 12.2. The topological polar surface area (TPSA) is 76.9 Å². The molecule has 0 radical (unpaired) electrons. The first-order valence-electron chi connectivity index (χ1n) is 7.99. The summed E-state index contributed by atoms with van der Waals surface area (Å²) in [6.45, 7) is 3.88. The number of carbonyl (C=O) groups is 1. The third-order valence-corrected chi connectivity index (χ3v) is 4.52. The molecule has 2 heterocycles. The van der Waals surface area contributed by atoms with Gasteiger partial charge in [0, 0.05) is 46.8 Å². The highest BCUT2D eigenvalue weighted by molar-refractivity contribution is 7.99. The molecule has 0 aliphatic rings. The molecule has 3 rings (SSSR count). The molecule has 0 bridgehead atoms. The zero-order valence-corrected chi connectivity index (χ0v) is 15.5. The van der Waals surface area contributed by atoms with Crippen LogP contribution in [0.3, 0.4) is 0 Å². The average molecular weight is 366 g/mol. The number of hydrogen-bond donors (Lipinski definition) is 1. The van der Waals surface area contributed by atoms with E-state index >= 15 is 0 Å². The number of aryl methyl sites for hydroxylation is 3. The molecule has 26 heavy (non-hydrogen) atoms. The fourth-order valence-electron chi connectivity index (χ4n) is 2.34. The summed E-state index contributed by atoms with van der Waals surface area (Å²) in [5, 5.41) is 3.48. The number of pyridine rings is 1. The van der Waals surface area contributed by atoms with E-state index in [1.54, 1.807) is 19.3 Å². The van der Waals surface area contributed by atoms with Gasteiger partial charge in [0.15, 0.2) is 5.16 Å². The Bertz CT molecular complexity index is 993. The van der Waals surface area contributed by atoms with Gasteiger partial charge in [0.1, 0.15) is 0 Å². The van der Waals surface area contributed by atoms with Crippen molar-refractivity contribution in [2.45, 2.75) is 23.9 Å². The van der Waals surface area contributed by atoms with Crippen molar-refractivity contribution < 1.29 is 4.79 Å². The van der Waals surface area contributed by atoms with Crippen LogP contribution in [-0.2, 0) is 7.05 Å². The van der Waals surface area contributed by atoms with Crippen LogP contribution < -0.4 is 10.9 Å². The van der Waals surface area contributed by atoms with Gasteiger partial charge in [-0.2, -0.15) is 0 Å². The highest BCUT2D eigenvalue weighted by Gasteiger charge is 2.08. The van der Waals surface area contributed by atoms with Crippen molar-refractivity contribution in [3.8, 4) is 0 Å². The number of hydrogen-bond acceptors (Lipinski definition) is 5. The van der Waals surface area contributed by atoms with Gasteiger partial charge in [0.05, 0.1) is 0 Å². The smallest absolute Gasteiger partial charge is 0.255 e. The first kappa shape index (κ1) is 17.9. The molecule has 3 aromatic rings. The number of nitrogens with zero attached hydrogens (tertiary/aromatic N) is 3. The van der Waals surface area contributed by atoms with Gasteiger partial charge in [-0.1, -0.05) is 0 Å². The number of rotatable bonds is 4. The lowest BCUT2D eigenvalue weighted by atomic mass is 10.2. The minimum Gasteiger partial charge on any atom is -0.322 e. The van der Waals surface area contributed by atoms with Crippen LogP contribution in [0.4, 0.5) is 5.69 Å². The van der Waals surface area contributed by atoms with Gasteiger partial charge in [0.2, 0.25) is 0 Å². The fraction of sp³-hybridized carbons (Fsp3) is 0.158. The van der Waals surface area contributed by atoms with Crippen LogP contribution in [-0.4, -0.2) is 20.4 Å². The lowest BCUT2D eigenvalue weighted by molar-refractivity contribution is 0.102. The highest BCUT2D eigenvalue weighted by atomic mass is 32.2. The predicted octanol–water partition coefficient (Wildman–Crippen LogP) is 3.20. The van der Waals surface area contributed by atoms with Crippen molar-refractivity contribution in [3.05, 3.63) is 76.0 Å². The largest absolute Gasteiger partial charge is 0.322 e. The summed E-state index contributed by atoms with van der Waals surface area (Å²) in [7, 11) is 1.64. The maximum Gasteiger partial charge on any atom is 0.255 e.